The zero-order valence-corrected chi connectivity index (χ0v) is 14.3. The number of aliphatic hydroxyl groups excluding tert-OH is 2. The molecular weight excluding hydrogens is 304 g/mol. The van der Waals surface area contributed by atoms with Crippen LogP contribution in [0.1, 0.15) is 25.0 Å². The Kier molecular flexibility index (Phi) is 7.40. The molecule has 0 fully saturated rings. The van der Waals surface area contributed by atoms with Crippen LogP contribution < -0.4 is 0 Å². The fraction of sp³-hybridized carbons (Fsp3) is 0.400. The summed E-state index contributed by atoms with van der Waals surface area (Å²) < 4.78 is 10.8. The van der Waals surface area contributed by atoms with E-state index in [1.807, 2.05) is 24.3 Å². The number of hydrogen-bond acceptors (Lipinski definition) is 4. The third kappa shape index (κ3) is 6.42. The Morgan fingerprint density at radius 1 is 0.667 bits per heavy atom. The van der Waals surface area contributed by atoms with Gasteiger partial charge in [-0.15, -0.1) is 0 Å². The molecule has 0 aromatic heterocycles. The van der Waals surface area contributed by atoms with Gasteiger partial charge in [0.2, 0.25) is 0 Å². The van der Waals surface area contributed by atoms with Gasteiger partial charge in [-0.3, -0.25) is 0 Å². The summed E-state index contributed by atoms with van der Waals surface area (Å²) in [5.41, 5.74) is 4.46. The third-order valence-electron chi connectivity index (χ3n) is 3.50. The normalized spacial score (nSPS) is 13.7. The highest BCUT2D eigenvalue weighted by atomic mass is 16.5. The Labute approximate surface area is 143 Å². The summed E-state index contributed by atoms with van der Waals surface area (Å²) in [4.78, 5) is 0. The van der Waals surface area contributed by atoms with Crippen molar-refractivity contribution in [1.82, 2.24) is 0 Å². The topological polar surface area (TPSA) is 58.9 Å². The van der Waals surface area contributed by atoms with Gasteiger partial charge in [0, 0.05) is 0 Å². The lowest BCUT2D eigenvalue weighted by Gasteiger charge is -2.09. The number of hydrogen-bond donors (Lipinski definition) is 2. The quantitative estimate of drug-likeness (QED) is 0.741. The van der Waals surface area contributed by atoms with Crippen molar-refractivity contribution in [3.05, 3.63) is 59.7 Å². The van der Waals surface area contributed by atoms with E-state index in [9.17, 15) is 10.2 Å². The van der Waals surface area contributed by atoms with Gasteiger partial charge in [-0.1, -0.05) is 48.5 Å². The van der Waals surface area contributed by atoms with Crippen LogP contribution in [0.4, 0.5) is 0 Å². The molecule has 0 spiro atoms. The minimum atomic E-state index is -0.438. The van der Waals surface area contributed by atoms with Crippen LogP contribution in [0.2, 0.25) is 0 Å². The molecule has 0 bridgehead atoms. The summed E-state index contributed by atoms with van der Waals surface area (Å²) in [5, 5.41) is 18.4. The van der Waals surface area contributed by atoms with Crippen molar-refractivity contribution in [3.8, 4) is 11.1 Å². The molecule has 2 atom stereocenters. The lowest BCUT2D eigenvalue weighted by molar-refractivity contribution is 0.0375. The highest BCUT2D eigenvalue weighted by Crippen LogP contribution is 2.21. The van der Waals surface area contributed by atoms with E-state index in [-0.39, 0.29) is 0 Å². The molecule has 2 N–H and O–H groups in total. The molecule has 0 aliphatic heterocycles. The van der Waals surface area contributed by atoms with E-state index in [0.29, 0.717) is 26.4 Å². The van der Waals surface area contributed by atoms with Gasteiger partial charge in [0.1, 0.15) is 0 Å². The van der Waals surface area contributed by atoms with Crippen LogP contribution in [0.5, 0.6) is 0 Å². The lowest BCUT2D eigenvalue weighted by Crippen LogP contribution is -2.10. The van der Waals surface area contributed by atoms with Crippen LogP contribution >= 0.6 is 0 Å². The van der Waals surface area contributed by atoms with E-state index in [1.165, 1.54) is 0 Å². The molecule has 0 saturated heterocycles. The molecule has 2 rings (SSSR count). The largest absolute Gasteiger partial charge is 0.391 e. The Morgan fingerprint density at radius 3 is 1.29 bits per heavy atom. The predicted octanol–water partition coefficient (Wildman–Crippen LogP) is 3.15. The summed E-state index contributed by atoms with van der Waals surface area (Å²) in [7, 11) is 0. The monoisotopic (exact) mass is 330 g/mol. The van der Waals surface area contributed by atoms with Crippen LogP contribution in [0.25, 0.3) is 11.1 Å². The van der Waals surface area contributed by atoms with E-state index >= 15 is 0 Å². The summed E-state index contributed by atoms with van der Waals surface area (Å²) in [5.74, 6) is 0. The molecule has 2 unspecified atom stereocenters. The molecule has 0 amide bonds. The smallest absolute Gasteiger partial charge is 0.0745 e. The van der Waals surface area contributed by atoms with Gasteiger partial charge in [0.25, 0.3) is 0 Å². The first-order valence-corrected chi connectivity index (χ1v) is 8.24. The fourth-order valence-corrected chi connectivity index (χ4v) is 2.28. The van der Waals surface area contributed by atoms with Crippen molar-refractivity contribution in [3.63, 3.8) is 0 Å². The standard InChI is InChI=1S/C20H26O4/c1-15(21)11-23-13-17-3-7-19(8-4-17)20-9-5-18(6-10-20)14-24-12-16(2)22/h3-10,15-16,21-22H,11-14H2,1-2H3. The van der Waals surface area contributed by atoms with Gasteiger partial charge in [-0.25, -0.2) is 0 Å². The molecule has 0 saturated carbocycles. The molecular formula is C20H26O4. The predicted molar refractivity (Wildman–Crippen MR) is 94.6 cm³/mol. The fourth-order valence-electron chi connectivity index (χ4n) is 2.28. The van der Waals surface area contributed by atoms with Gasteiger partial charge in [-0.2, -0.15) is 0 Å². The van der Waals surface area contributed by atoms with E-state index in [2.05, 4.69) is 24.3 Å². The Morgan fingerprint density at radius 2 is 1.00 bits per heavy atom. The lowest BCUT2D eigenvalue weighted by atomic mass is 10.0. The summed E-state index contributed by atoms with van der Waals surface area (Å²) >= 11 is 0. The Bertz CT molecular complexity index is 533. The van der Waals surface area contributed by atoms with Crippen molar-refractivity contribution in [1.29, 1.82) is 0 Å². The number of rotatable bonds is 9. The van der Waals surface area contributed by atoms with Gasteiger partial charge in [0.15, 0.2) is 0 Å². The summed E-state index contributed by atoms with van der Waals surface area (Å²) in [6.45, 7) is 5.13. The van der Waals surface area contributed by atoms with Crippen LogP contribution in [-0.4, -0.2) is 35.6 Å². The highest BCUT2D eigenvalue weighted by Gasteiger charge is 2.02. The van der Waals surface area contributed by atoms with Gasteiger partial charge < -0.3 is 19.7 Å². The van der Waals surface area contributed by atoms with Gasteiger partial charge in [0.05, 0.1) is 38.6 Å². The van der Waals surface area contributed by atoms with Crippen molar-refractivity contribution in [2.75, 3.05) is 13.2 Å². The van der Waals surface area contributed by atoms with Crippen molar-refractivity contribution >= 4 is 0 Å². The van der Waals surface area contributed by atoms with Gasteiger partial charge in [-0.05, 0) is 36.1 Å². The zero-order valence-electron chi connectivity index (χ0n) is 14.3. The molecule has 130 valence electrons. The molecule has 0 aliphatic rings. The van der Waals surface area contributed by atoms with Gasteiger partial charge >= 0.3 is 0 Å². The second-order valence-corrected chi connectivity index (χ2v) is 6.12. The number of ether oxygens (including phenoxy) is 2. The molecule has 4 heteroatoms. The second-order valence-electron chi connectivity index (χ2n) is 6.12. The van der Waals surface area contributed by atoms with E-state index in [4.69, 9.17) is 9.47 Å². The molecule has 0 heterocycles. The van der Waals surface area contributed by atoms with Crippen LogP contribution in [-0.2, 0) is 22.7 Å². The minimum absolute atomic E-state index is 0.348. The number of aliphatic hydroxyl groups is 2. The average Bonchev–Trinajstić information content (AvgIpc) is 2.56. The van der Waals surface area contributed by atoms with E-state index < -0.39 is 12.2 Å². The minimum Gasteiger partial charge on any atom is -0.391 e. The first kappa shape index (κ1) is 18.6. The van der Waals surface area contributed by atoms with Crippen LogP contribution in [0.15, 0.2) is 48.5 Å². The summed E-state index contributed by atoms with van der Waals surface area (Å²) in [6, 6.07) is 16.4. The third-order valence-corrected chi connectivity index (χ3v) is 3.50. The second kappa shape index (κ2) is 9.55. The molecule has 4 nitrogen and oxygen atoms in total. The molecule has 0 aliphatic carbocycles. The average molecular weight is 330 g/mol. The summed E-state index contributed by atoms with van der Waals surface area (Å²) in [6.07, 6.45) is -0.875. The molecule has 0 radical (unpaired) electrons. The maximum atomic E-state index is 9.18. The van der Waals surface area contributed by atoms with Crippen LogP contribution in [0.3, 0.4) is 0 Å². The first-order valence-electron chi connectivity index (χ1n) is 8.24. The first-order chi connectivity index (χ1) is 11.5. The molecule has 2 aromatic carbocycles. The maximum Gasteiger partial charge on any atom is 0.0745 e. The van der Waals surface area contributed by atoms with Crippen molar-refractivity contribution in [2.24, 2.45) is 0 Å². The van der Waals surface area contributed by atoms with E-state index in [1.54, 1.807) is 13.8 Å². The zero-order chi connectivity index (χ0) is 17.4. The van der Waals surface area contributed by atoms with Crippen molar-refractivity contribution < 1.29 is 19.7 Å². The molecule has 24 heavy (non-hydrogen) atoms. The SMILES string of the molecule is CC(O)COCc1ccc(-c2ccc(COCC(C)O)cc2)cc1. The van der Waals surface area contributed by atoms with E-state index in [0.717, 1.165) is 22.3 Å². The molecule has 2 aromatic rings. The maximum absolute atomic E-state index is 9.18. The Balaban J connectivity index is 1.89. The Hall–Kier alpha value is -1.72. The number of benzene rings is 2. The highest BCUT2D eigenvalue weighted by molar-refractivity contribution is 5.63. The van der Waals surface area contributed by atoms with Crippen molar-refractivity contribution in [2.45, 2.75) is 39.3 Å². The van der Waals surface area contributed by atoms with Crippen LogP contribution in [0, 0.1) is 0 Å².